The maximum Gasteiger partial charge on any atom is 0.252 e. The van der Waals surface area contributed by atoms with Crippen molar-refractivity contribution in [1.82, 2.24) is 9.13 Å². The zero-order chi connectivity index (χ0) is 57.6. The highest BCUT2D eigenvalue weighted by Crippen LogP contribution is 2.60. The molecular formula is C82H52BN5. The molecule has 2 aliphatic heterocycles. The third-order valence-electron chi connectivity index (χ3n) is 18.9. The van der Waals surface area contributed by atoms with Gasteiger partial charge in [0.2, 0.25) is 0 Å². The Labute approximate surface area is 508 Å². The molecule has 0 unspecified atom stereocenters. The van der Waals surface area contributed by atoms with Gasteiger partial charge in [0.25, 0.3) is 6.71 Å². The van der Waals surface area contributed by atoms with Crippen LogP contribution >= 0.6 is 0 Å². The van der Waals surface area contributed by atoms with E-state index in [0.717, 1.165) is 73.6 Å². The molecule has 5 nitrogen and oxygen atoms in total. The molecule has 0 amide bonds. The number of fused-ring (bicyclic) bond motifs is 18. The second-order valence-corrected chi connectivity index (χ2v) is 23.5. The summed E-state index contributed by atoms with van der Waals surface area (Å²) in [6.07, 6.45) is 0. The topological polar surface area (TPSA) is 19.6 Å². The van der Waals surface area contributed by atoms with Crippen molar-refractivity contribution in [1.29, 1.82) is 0 Å². The van der Waals surface area contributed by atoms with E-state index in [-0.39, 0.29) is 6.71 Å². The summed E-state index contributed by atoms with van der Waals surface area (Å²) in [6, 6.07) is 118. The van der Waals surface area contributed by atoms with Crippen molar-refractivity contribution in [2.75, 3.05) is 14.7 Å². The Kier molecular flexibility index (Phi) is 10.5. The Bertz CT molecular complexity index is 5260. The van der Waals surface area contributed by atoms with Crippen molar-refractivity contribution in [2.45, 2.75) is 0 Å². The van der Waals surface area contributed by atoms with E-state index in [4.69, 9.17) is 0 Å². The van der Waals surface area contributed by atoms with Crippen LogP contribution in [0.4, 0.5) is 51.2 Å². The van der Waals surface area contributed by atoms with Gasteiger partial charge in [-0.3, -0.25) is 0 Å². The Morgan fingerprint density at radius 1 is 0.239 bits per heavy atom. The Balaban J connectivity index is 1.18. The van der Waals surface area contributed by atoms with Gasteiger partial charge in [0.1, 0.15) is 0 Å². The molecule has 0 atom stereocenters. The number of para-hydroxylation sites is 6. The van der Waals surface area contributed by atoms with Gasteiger partial charge in [0, 0.05) is 55.7 Å². The fourth-order valence-electron chi connectivity index (χ4n) is 15.5. The molecule has 2 aromatic heterocycles. The van der Waals surface area contributed by atoms with Crippen molar-refractivity contribution in [3.05, 3.63) is 315 Å². The van der Waals surface area contributed by atoms with Crippen molar-refractivity contribution in [3.8, 4) is 11.4 Å². The summed E-state index contributed by atoms with van der Waals surface area (Å²) in [5, 5.41) is 14.8. The first-order valence-electron chi connectivity index (χ1n) is 30.5. The van der Waals surface area contributed by atoms with E-state index in [2.05, 4.69) is 339 Å². The van der Waals surface area contributed by atoms with Gasteiger partial charge < -0.3 is 23.8 Å². The highest BCUT2D eigenvalue weighted by Gasteiger charge is 2.48. The van der Waals surface area contributed by atoms with Crippen molar-refractivity contribution in [3.63, 3.8) is 0 Å². The minimum atomic E-state index is -0.286. The number of hydrogen-bond donors (Lipinski definition) is 0. The molecular weight excluding hydrogens is 1070 g/mol. The van der Waals surface area contributed by atoms with Crippen LogP contribution in [0.15, 0.2) is 315 Å². The highest BCUT2D eigenvalue weighted by molar-refractivity contribution is 7.01. The molecule has 15 aromatic carbocycles. The number of aromatic nitrogens is 2. The van der Waals surface area contributed by atoms with E-state index in [1.54, 1.807) is 0 Å². The Hall–Kier alpha value is -11.6. The molecule has 4 heterocycles. The number of benzene rings is 15. The smallest absolute Gasteiger partial charge is 0.252 e. The molecule has 0 fully saturated rings. The molecule has 0 saturated carbocycles. The normalized spacial score (nSPS) is 12.3. The third kappa shape index (κ3) is 6.82. The molecule has 0 N–H and O–H groups in total. The molecule has 17 aromatic rings. The van der Waals surface area contributed by atoms with Gasteiger partial charge in [-0.15, -0.1) is 0 Å². The fourth-order valence-corrected chi connectivity index (χ4v) is 15.5. The number of rotatable bonds is 9. The molecule has 19 rings (SSSR count). The fraction of sp³-hybridized carbons (Fsp3) is 0. The standard InChI is InChI=1S/C82H52BN5/c1-7-31-57(32-8-1)84(58-33-9-2-10-34-58)80-78-75-79(81(85(59-35-11-3-12-36-59)60-37-13-4-14-38-60)82(80)86(61-39-15-5-16-40-61)62-41-17-6-18-42-62)88-70-50-48-54-28-20-24-44-64(54)72(70)74-66-46-26-22-30-56(66)52-68(77(74)88)83(75)67-51-55-29-21-25-45-65(55)73-71-63-43-23-19-27-53(63)47-49-69(71)87(78)76(67)73/h1-52H. The summed E-state index contributed by atoms with van der Waals surface area (Å²) in [6.45, 7) is -0.286. The van der Waals surface area contributed by atoms with Crippen LogP contribution in [0.25, 0.3) is 98.1 Å². The second-order valence-electron chi connectivity index (χ2n) is 23.5. The van der Waals surface area contributed by atoms with E-state index < -0.39 is 0 Å². The highest BCUT2D eigenvalue weighted by atomic mass is 15.3. The number of hydrogen-bond acceptors (Lipinski definition) is 3. The lowest BCUT2D eigenvalue weighted by Crippen LogP contribution is -2.60. The molecule has 2 aliphatic rings. The van der Waals surface area contributed by atoms with Gasteiger partial charge >= 0.3 is 0 Å². The SMILES string of the molecule is c1ccc(N(c2ccccc2)c2c(N(c3ccccc3)c3ccccc3)c3c4c(c2N(c2ccccc2)c2ccccc2)-n2c5ccc6ccccc6c5c5c6ccccc6cc(c52)B4c2cc4ccccc4c4c5c6ccccc6ccc5n-3c24)cc1. The van der Waals surface area contributed by atoms with Crippen LogP contribution in [0.1, 0.15) is 0 Å². The minimum Gasteiger partial charge on any atom is -0.308 e. The summed E-state index contributed by atoms with van der Waals surface area (Å²) in [5.74, 6) is 0. The van der Waals surface area contributed by atoms with Gasteiger partial charge in [0.05, 0.1) is 50.5 Å². The average molecular weight is 1120 g/mol. The van der Waals surface area contributed by atoms with E-state index in [1.165, 1.54) is 92.1 Å². The lowest BCUT2D eigenvalue weighted by atomic mass is 9.34. The first kappa shape index (κ1) is 48.7. The van der Waals surface area contributed by atoms with Gasteiger partial charge in [-0.25, -0.2) is 0 Å². The predicted molar refractivity (Wildman–Crippen MR) is 374 cm³/mol. The lowest BCUT2D eigenvalue weighted by Gasteiger charge is -2.44. The van der Waals surface area contributed by atoms with Gasteiger partial charge in [0.15, 0.2) is 0 Å². The van der Waals surface area contributed by atoms with Crippen LogP contribution in [0, 0.1) is 0 Å². The second kappa shape index (κ2) is 19.0. The summed E-state index contributed by atoms with van der Waals surface area (Å²) in [5.41, 5.74) is 20.0. The van der Waals surface area contributed by atoms with Crippen LogP contribution in [-0.2, 0) is 0 Å². The Morgan fingerprint density at radius 3 is 0.841 bits per heavy atom. The van der Waals surface area contributed by atoms with Crippen molar-refractivity contribution >= 4 is 161 Å². The quantitative estimate of drug-likeness (QED) is 0.134. The number of anilines is 9. The van der Waals surface area contributed by atoms with Crippen LogP contribution in [0.2, 0.25) is 0 Å². The summed E-state index contributed by atoms with van der Waals surface area (Å²) in [7, 11) is 0. The molecule has 0 aliphatic carbocycles. The molecule has 88 heavy (non-hydrogen) atoms. The predicted octanol–water partition coefficient (Wildman–Crippen LogP) is 20.0. The first-order valence-corrected chi connectivity index (χ1v) is 30.5. The molecule has 0 bridgehead atoms. The Morgan fingerprint density at radius 2 is 0.511 bits per heavy atom. The molecule has 408 valence electrons. The van der Waals surface area contributed by atoms with Gasteiger partial charge in [-0.05, 0) is 144 Å². The lowest BCUT2D eigenvalue weighted by molar-refractivity contribution is 1.10. The maximum atomic E-state index is 2.73. The van der Waals surface area contributed by atoms with Crippen molar-refractivity contribution in [2.24, 2.45) is 0 Å². The summed E-state index contributed by atoms with van der Waals surface area (Å²) in [4.78, 5) is 7.72. The van der Waals surface area contributed by atoms with Gasteiger partial charge in [-0.1, -0.05) is 231 Å². The van der Waals surface area contributed by atoms with E-state index in [1.807, 2.05) is 0 Å². The number of nitrogens with zero attached hydrogens (tertiary/aromatic N) is 5. The largest absolute Gasteiger partial charge is 0.308 e. The molecule has 0 saturated heterocycles. The van der Waals surface area contributed by atoms with Crippen LogP contribution in [-0.4, -0.2) is 15.8 Å². The first-order chi connectivity index (χ1) is 43.8. The van der Waals surface area contributed by atoms with E-state index in [0.29, 0.717) is 0 Å². The maximum absolute atomic E-state index is 2.73. The van der Waals surface area contributed by atoms with Gasteiger partial charge in [-0.2, -0.15) is 0 Å². The third-order valence-corrected chi connectivity index (χ3v) is 18.9. The van der Waals surface area contributed by atoms with E-state index >= 15 is 0 Å². The monoisotopic (exact) mass is 1120 g/mol. The average Bonchev–Trinajstić information content (AvgIpc) is 1.36. The van der Waals surface area contributed by atoms with Crippen LogP contribution in [0.3, 0.4) is 0 Å². The molecule has 0 radical (unpaired) electrons. The van der Waals surface area contributed by atoms with E-state index in [9.17, 15) is 0 Å². The van der Waals surface area contributed by atoms with Crippen LogP contribution < -0.4 is 31.1 Å². The van der Waals surface area contributed by atoms with Crippen LogP contribution in [0.5, 0.6) is 0 Å². The molecule has 0 spiro atoms. The minimum absolute atomic E-state index is 0.286. The summed E-state index contributed by atoms with van der Waals surface area (Å²) >= 11 is 0. The summed E-state index contributed by atoms with van der Waals surface area (Å²) < 4.78 is 5.45. The van der Waals surface area contributed by atoms with Crippen molar-refractivity contribution < 1.29 is 0 Å². The zero-order valence-electron chi connectivity index (χ0n) is 47.8. The zero-order valence-corrected chi connectivity index (χ0v) is 47.8. The molecule has 6 heteroatoms.